The molecule has 1 aromatic rings. The largest absolute Gasteiger partial charge is 0.382 e. The van der Waals surface area contributed by atoms with Gasteiger partial charge in [0.2, 0.25) is 0 Å². The summed E-state index contributed by atoms with van der Waals surface area (Å²) in [6.45, 7) is 8.36. The summed E-state index contributed by atoms with van der Waals surface area (Å²) in [6, 6.07) is 9.42. The van der Waals surface area contributed by atoms with E-state index in [1.165, 1.54) is 50.0 Å². The third-order valence-electron chi connectivity index (χ3n) is 5.07. The molecule has 0 radical (unpaired) electrons. The van der Waals surface area contributed by atoms with Crippen molar-refractivity contribution < 1.29 is 0 Å². The summed E-state index contributed by atoms with van der Waals surface area (Å²) in [7, 11) is 0. The highest BCUT2D eigenvalue weighted by atomic mass is 15.1. The Kier molecular flexibility index (Phi) is 3.53. The van der Waals surface area contributed by atoms with Crippen LogP contribution in [0.25, 0.3) is 0 Å². The number of nitrogens with zero attached hydrogens (tertiary/aromatic N) is 1. The van der Waals surface area contributed by atoms with Gasteiger partial charge in [-0.05, 0) is 62.7 Å². The molecule has 2 nitrogen and oxygen atoms in total. The molecular weight excluding hydrogens is 232 g/mol. The minimum absolute atomic E-state index is 0.529. The van der Waals surface area contributed by atoms with Crippen LogP contribution in [0.5, 0.6) is 0 Å². The molecule has 0 amide bonds. The Labute approximate surface area is 117 Å². The van der Waals surface area contributed by atoms with Crippen LogP contribution < -0.4 is 5.32 Å². The molecule has 1 unspecified atom stereocenters. The lowest BCUT2D eigenvalue weighted by molar-refractivity contribution is 0.331. The molecule has 104 valence electrons. The van der Waals surface area contributed by atoms with Crippen molar-refractivity contribution in [2.24, 2.45) is 5.41 Å². The predicted octanol–water partition coefficient (Wildman–Crippen LogP) is 3.88. The van der Waals surface area contributed by atoms with Crippen LogP contribution in [0.4, 0.5) is 5.69 Å². The summed E-state index contributed by atoms with van der Waals surface area (Å²) >= 11 is 0. The number of hydrogen-bond donors (Lipinski definition) is 1. The van der Waals surface area contributed by atoms with Crippen LogP contribution in [0.3, 0.4) is 0 Å². The average Bonchev–Trinajstić information content (AvgIpc) is 2.96. The van der Waals surface area contributed by atoms with Gasteiger partial charge in [-0.3, -0.25) is 4.90 Å². The molecule has 3 rings (SSSR count). The van der Waals surface area contributed by atoms with Crippen LogP contribution in [0, 0.1) is 5.41 Å². The molecule has 1 saturated heterocycles. The number of anilines is 1. The summed E-state index contributed by atoms with van der Waals surface area (Å²) in [5, 5.41) is 3.76. The van der Waals surface area contributed by atoms with Gasteiger partial charge in [-0.2, -0.15) is 0 Å². The van der Waals surface area contributed by atoms with Crippen LogP contribution in [0.1, 0.15) is 45.1 Å². The van der Waals surface area contributed by atoms with E-state index >= 15 is 0 Å². The van der Waals surface area contributed by atoms with Crippen molar-refractivity contribution in [2.75, 3.05) is 18.4 Å². The van der Waals surface area contributed by atoms with Gasteiger partial charge in [-0.25, -0.2) is 0 Å². The monoisotopic (exact) mass is 258 g/mol. The minimum Gasteiger partial charge on any atom is -0.382 e. The molecule has 0 aromatic heterocycles. The average molecular weight is 258 g/mol. The van der Waals surface area contributed by atoms with Crippen molar-refractivity contribution in [2.45, 2.75) is 52.1 Å². The van der Waals surface area contributed by atoms with E-state index in [0.29, 0.717) is 11.5 Å². The molecule has 1 aromatic carbocycles. The fraction of sp³-hybridized carbons (Fsp3) is 0.647. The molecule has 1 saturated carbocycles. The number of rotatable bonds is 5. The van der Waals surface area contributed by atoms with Crippen molar-refractivity contribution >= 4 is 5.69 Å². The minimum atomic E-state index is 0.529. The molecule has 0 bridgehead atoms. The van der Waals surface area contributed by atoms with Crippen LogP contribution in [-0.2, 0) is 6.54 Å². The van der Waals surface area contributed by atoms with Crippen LogP contribution >= 0.6 is 0 Å². The topological polar surface area (TPSA) is 15.3 Å². The first-order valence-corrected chi connectivity index (χ1v) is 7.74. The van der Waals surface area contributed by atoms with E-state index in [0.717, 1.165) is 6.54 Å². The van der Waals surface area contributed by atoms with E-state index in [4.69, 9.17) is 0 Å². The first-order valence-electron chi connectivity index (χ1n) is 7.74. The summed E-state index contributed by atoms with van der Waals surface area (Å²) in [4.78, 5) is 2.57. The van der Waals surface area contributed by atoms with Crippen LogP contribution in [0.15, 0.2) is 24.3 Å². The summed E-state index contributed by atoms with van der Waals surface area (Å²) in [5.74, 6) is 0. The second-order valence-electron chi connectivity index (χ2n) is 6.66. The molecule has 2 fully saturated rings. The molecule has 19 heavy (non-hydrogen) atoms. The Bertz CT molecular complexity index is 431. The summed E-state index contributed by atoms with van der Waals surface area (Å²) in [5.41, 5.74) is 3.33. The van der Waals surface area contributed by atoms with E-state index in [2.05, 4.69) is 48.3 Å². The van der Waals surface area contributed by atoms with Gasteiger partial charge in [-0.15, -0.1) is 0 Å². The van der Waals surface area contributed by atoms with Gasteiger partial charge in [0.15, 0.2) is 0 Å². The second-order valence-corrected chi connectivity index (χ2v) is 6.66. The fourth-order valence-electron chi connectivity index (χ4n) is 3.02. The van der Waals surface area contributed by atoms with Gasteiger partial charge in [-0.1, -0.05) is 25.1 Å². The molecule has 1 aliphatic carbocycles. The molecule has 2 heteroatoms. The first-order chi connectivity index (χ1) is 9.17. The second kappa shape index (κ2) is 5.16. The van der Waals surface area contributed by atoms with Gasteiger partial charge >= 0.3 is 0 Å². The molecule has 1 heterocycles. The molecule has 1 N–H and O–H groups in total. The number of nitrogens with one attached hydrogen (secondary N) is 1. The van der Waals surface area contributed by atoms with Crippen LogP contribution in [0.2, 0.25) is 0 Å². The zero-order valence-corrected chi connectivity index (χ0v) is 12.3. The van der Waals surface area contributed by atoms with Gasteiger partial charge in [0.1, 0.15) is 0 Å². The smallest absolute Gasteiger partial charge is 0.0388 e. The Morgan fingerprint density at radius 3 is 2.58 bits per heavy atom. The highest BCUT2D eigenvalue weighted by molar-refractivity contribution is 5.52. The maximum absolute atomic E-state index is 3.76. The highest BCUT2D eigenvalue weighted by Crippen LogP contribution is 2.49. The van der Waals surface area contributed by atoms with Gasteiger partial charge < -0.3 is 5.32 Å². The van der Waals surface area contributed by atoms with Crippen molar-refractivity contribution in [1.29, 1.82) is 0 Å². The normalized spacial score (nSPS) is 23.3. The van der Waals surface area contributed by atoms with Gasteiger partial charge in [0, 0.05) is 18.3 Å². The molecule has 1 aliphatic heterocycles. The van der Waals surface area contributed by atoms with Crippen molar-refractivity contribution in [3.8, 4) is 0 Å². The van der Waals surface area contributed by atoms with E-state index in [-0.39, 0.29) is 0 Å². The predicted molar refractivity (Wildman–Crippen MR) is 81.4 cm³/mol. The molecular formula is C17H26N2. The first kappa shape index (κ1) is 13.0. The van der Waals surface area contributed by atoms with Crippen molar-refractivity contribution in [3.63, 3.8) is 0 Å². The SMILES string of the molecule is CC(Nc1ccccc1CN1CCCC1)C1(C)CC1. The Balaban J connectivity index is 1.69. The number of benzene rings is 1. The third-order valence-corrected chi connectivity index (χ3v) is 5.07. The number of hydrogen-bond acceptors (Lipinski definition) is 2. The fourth-order valence-corrected chi connectivity index (χ4v) is 3.02. The standard InChI is InChI=1S/C17H26N2/c1-14(17(2)9-10-17)18-16-8-4-3-7-15(16)13-19-11-5-6-12-19/h3-4,7-8,14,18H,5-6,9-13H2,1-2H3. The summed E-state index contributed by atoms with van der Waals surface area (Å²) in [6.07, 6.45) is 5.47. The van der Waals surface area contributed by atoms with E-state index < -0.39 is 0 Å². The van der Waals surface area contributed by atoms with Gasteiger partial charge in [0.25, 0.3) is 0 Å². The van der Waals surface area contributed by atoms with E-state index in [1.807, 2.05) is 0 Å². The quantitative estimate of drug-likeness (QED) is 0.862. The number of para-hydroxylation sites is 1. The molecule has 2 aliphatic rings. The Morgan fingerprint density at radius 1 is 1.21 bits per heavy atom. The molecule has 0 spiro atoms. The maximum atomic E-state index is 3.76. The van der Waals surface area contributed by atoms with Gasteiger partial charge in [0.05, 0.1) is 0 Å². The zero-order valence-electron chi connectivity index (χ0n) is 12.3. The van der Waals surface area contributed by atoms with Crippen LogP contribution in [-0.4, -0.2) is 24.0 Å². The lowest BCUT2D eigenvalue weighted by Crippen LogP contribution is -2.26. The lowest BCUT2D eigenvalue weighted by Gasteiger charge is -2.25. The number of likely N-dealkylation sites (tertiary alicyclic amines) is 1. The van der Waals surface area contributed by atoms with E-state index in [9.17, 15) is 0 Å². The molecule has 1 atom stereocenters. The lowest BCUT2D eigenvalue weighted by atomic mass is 10.00. The van der Waals surface area contributed by atoms with E-state index in [1.54, 1.807) is 0 Å². The third kappa shape index (κ3) is 2.94. The maximum Gasteiger partial charge on any atom is 0.0388 e. The van der Waals surface area contributed by atoms with Crippen molar-refractivity contribution in [1.82, 2.24) is 4.90 Å². The Hall–Kier alpha value is -1.02. The summed E-state index contributed by atoms with van der Waals surface area (Å²) < 4.78 is 0. The Morgan fingerprint density at radius 2 is 1.89 bits per heavy atom. The zero-order chi connectivity index (χ0) is 13.3. The highest BCUT2D eigenvalue weighted by Gasteiger charge is 2.42. The van der Waals surface area contributed by atoms with Crippen molar-refractivity contribution in [3.05, 3.63) is 29.8 Å².